The number of aryl methyl sites for hydroxylation is 1. The van der Waals surface area contributed by atoms with Crippen LogP contribution < -0.4 is 0 Å². The molecular weight excluding hydrogens is 289 g/mol. The van der Waals surface area contributed by atoms with Gasteiger partial charge in [-0.15, -0.1) is 11.6 Å². The Labute approximate surface area is 126 Å². The van der Waals surface area contributed by atoms with Gasteiger partial charge in [0, 0.05) is 24.1 Å². The Kier molecular flexibility index (Phi) is 3.59. The molecule has 1 heterocycles. The molecule has 104 valence electrons. The molecule has 0 amide bonds. The first-order valence-corrected chi connectivity index (χ1v) is 7.00. The minimum Gasteiger partial charge on any atom is -0.296 e. The monoisotopic (exact) mass is 299 g/mol. The van der Waals surface area contributed by atoms with E-state index in [-0.39, 0.29) is 5.82 Å². The van der Waals surface area contributed by atoms with Crippen LogP contribution in [0.25, 0.3) is 16.7 Å². The molecule has 5 heteroatoms. The molecule has 0 unspecified atom stereocenters. The Bertz CT molecular complexity index is 831. The van der Waals surface area contributed by atoms with Crippen molar-refractivity contribution in [1.82, 2.24) is 9.55 Å². The number of hydrogen-bond donors (Lipinski definition) is 0. The number of nitriles is 1. The van der Waals surface area contributed by atoms with Crippen LogP contribution in [0.5, 0.6) is 0 Å². The van der Waals surface area contributed by atoms with Gasteiger partial charge in [-0.1, -0.05) is 0 Å². The van der Waals surface area contributed by atoms with Crippen molar-refractivity contribution in [2.24, 2.45) is 0 Å². The van der Waals surface area contributed by atoms with E-state index in [1.54, 1.807) is 18.2 Å². The predicted molar refractivity (Wildman–Crippen MR) is 80.2 cm³/mol. The molecule has 0 radical (unpaired) electrons. The molecule has 2 aromatic carbocycles. The lowest BCUT2D eigenvalue weighted by atomic mass is 10.2. The van der Waals surface area contributed by atoms with Crippen molar-refractivity contribution in [3.8, 4) is 11.8 Å². The molecule has 0 saturated carbocycles. The van der Waals surface area contributed by atoms with Crippen molar-refractivity contribution in [3.05, 3.63) is 59.7 Å². The fourth-order valence-corrected chi connectivity index (χ4v) is 2.50. The number of halogens is 2. The quantitative estimate of drug-likeness (QED) is 0.690. The summed E-state index contributed by atoms with van der Waals surface area (Å²) in [6.45, 7) is 0. The van der Waals surface area contributed by atoms with E-state index in [9.17, 15) is 4.39 Å². The zero-order valence-corrected chi connectivity index (χ0v) is 11.8. The number of nitrogens with zero attached hydrogens (tertiary/aromatic N) is 3. The molecule has 0 atom stereocenters. The lowest BCUT2D eigenvalue weighted by molar-refractivity contribution is 0.629. The summed E-state index contributed by atoms with van der Waals surface area (Å²) in [5.74, 6) is 0.891. The van der Waals surface area contributed by atoms with Gasteiger partial charge < -0.3 is 0 Å². The number of alkyl halides is 1. The van der Waals surface area contributed by atoms with Crippen molar-refractivity contribution >= 4 is 22.6 Å². The van der Waals surface area contributed by atoms with Crippen LogP contribution in [0.1, 0.15) is 11.4 Å². The summed E-state index contributed by atoms with van der Waals surface area (Å²) in [5.41, 5.74) is 2.89. The van der Waals surface area contributed by atoms with Gasteiger partial charge in [0.2, 0.25) is 0 Å². The maximum atomic E-state index is 13.4. The fourth-order valence-electron chi connectivity index (χ4n) is 2.33. The largest absolute Gasteiger partial charge is 0.296 e. The van der Waals surface area contributed by atoms with E-state index in [2.05, 4.69) is 11.1 Å². The second-order valence-electron chi connectivity index (χ2n) is 4.59. The van der Waals surface area contributed by atoms with Crippen LogP contribution in [0.4, 0.5) is 4.39 Å². The Morgan fingerprint density at radius 1 is 1.19 bits per heavy atom. The van der Waals surface area contributed by atoms with E-state index >= 15 is 0 Å². The van der Waals surface area contributed by atoms with Crippen LogP contribution in [0, 0.1) is 17.1 Å². The summed E-state index contributed by atoms with van der Waals surface area (Å²) in [6, 6.07) is 13.8. The molecule has 3 rings (SSSR count). The molecule has 0 fully saturated rings. The van der Waals surface area contributed by atoms with Gasteiger partial charge in [-0.25, -0.2) is 9.37 Å². The third-order valence-corrected chi connectivity index (χ3v) is 3.45. The Morgan fingerprint density at radius 3 is 2.62 bits per heavy atom. The number of imidazole rings is 1. The summed E-state index contributed by atoms with van der Waals surface area (Å²) in [6.07, 6.45) is 0.581. The van der Waals surface area contributed by atoms with Gasteiger partial charge in [-0.3, -0.25) is 4.57 Å². The van der Waals surface area contributed by atoms with Gasteiger partial charge in [0.15, 0.2) is 0 Å². The summed E-state index contributed by atoms with van der Waals surface area (Å²) in [5, 5.41) is 8.87. The zero-order valence-electron chi connectivity index (χ0n) is 11.1. The highest BCUT2D eigenvalue weighted by atomic mass is 35.5. The van der Waals surface area contributed by atoms with Gasteiger partial charge in [0.25, 0.3) is 0 Å². The normalized spacial score (nSPS) is 10.7. The second kappa shape index (κ2) is 5.55. The van der Waals surface area contributed by atoms with Crippen LogP contribution in [0.3, 0.4) is 0 Å². The molecule has 0 N–H and O–H groups in total. The molecule has 3 nitrogen and oxygen atoms in total. The molecule has 0 bridgehead atoms. The average Bonchev–Trinajstić information content (AvgIpc) is 2.85. The van der Waals surface area contributed by atoms with E-state index in [0.717, 1.165) is 17.0 Å². The fraction of sp³-hybridized carbons (Fsp3) is 0.125. The molecule has 3 aromatic rings. The van der Waals surface area contributed by atoms with E-state index < -0.39 is 0 Å². The van der Waals surface area contributed by atoms with Gasteiger partial charge in [0.05, 0.1) is 22.7 Å². The van der Waals surface area contributed by atoms with Crippen molar-refractivity contribution in [2.75, 3.05) is 5.88 Å². The number of aromatic nitrogens is 2. The average molecular weight is 300 g/mol. The smallest absolute Gasteiger partial charge is 0.125 e. The van der Waals surface area contributed by atoms with E-state index in [1.165, 1.54) is 12.1 Å². The maximum Gasteiger partial charge on any atom is 0.125 e. The molecule has 0 aliphatic heterocycles. The molecule has 0 aliphatic carbocycles. The standard InChI is InChI=1S/C16H11ClFN3/c17-8-7-16-20-14-9-12(18)3-6-15(14)21(16)13-4-1-11(10-19)2-5-13/h1-6,9H,7-8H2. The van der Waals surface area contributed by atoms with E-state index in [1.807, 2.05) is 16.7 Å². The molecule has 21 heavy (non-hydrogen) atoms. The highest BCUT2D eigenvalue weighted by Crippen LogP contribution is 2.23. The Hall–Kier alpha value is -2.38. The first-order valence-electron chi connectivity index (χ1n) is 6.46. The predicted octanol–water partition coefficient (Wildman–Crippen LogP) is 3.82. The summed E-state index contributed by atoms with van der Waals surface area (Å²) in [7, 11) is 0. The van der Waals surface area contributed by atoms with Crippen molar-refractivity contribution < 1.29 is 4.39 Å². The van der Waals surface area contributed by atoms with Gasteiger partial charge >= 0.3 is 0 Å². The van der Waals surface area contributed by atoms with Crippen LogP contribution in [0.2, 0.25) is 0 Å². The molecule has 0 saturated heterocycles. The van der Waals surface area contributed by atoms with Gasteiger partial charge in [-0.2, -0.15) is 5.26 Å². The van der Waals surface area contributed by atoms with E-state index in [4.69, 9.17) is 16.9 Å². The Morgan fingerprint density at radius 2 is 1.95 bits per heavy atom. The number of benzene rings is 2. The minimum absolute atomic E-state index is 0.315. The van der Waals surface area contributed by atoms with Gasteiger partial charge in [0.1, 0.15) is 11.6 Å². The third-order valence-electron chi connectivity index (χ3n) is 3.26. The number of rotatable bonds is 3. The number of fused-ring (bicyclic) bond motifs is 1. The molecule has 0 aliphatic rings. The van der Waals surface area contributed by atoms with Crippen LogP contribution in [0.15, 0.2) is 42.5 Å². The second-order valence-corrected chi connectivity index (χ2v) is 4.97. The highest BCUT2D eigenvalue weighted by molar-refractivity contribution is 6.17. The van der Waals surface area contributed by atoms with E-state index in [0.29, 0.717) is 23.4 Å². The first-order chi connectivity index (χ1) is 10.2. The number of hydrogen-bond acceptors (Lipinski definition) is 2. The molecule has 1 aromatic heterocycles. The molecular formula is C16H11ClFN3. The highest BCUT2D eigenvalue weighted by Gasteiger charge is 2.12. The summed E-state index contributed by atoms with van der Waals surface area (Å²) < 4.78 is 15.3. The summed E-state index contributed by atoms with van der Waals surface area (Å²) in [4.78, 5) is 4.46. The minimum atomic E-state index is -0.315. The summed E-state index contributed by atoms with van der Waals surface area (Å²) >= 11 is 5.83. The van der Waals surface area contributed by atoms with Crippen LogP contribution in [-0.2, 0) is 6.42 Å². The topological polar surface area (TPSA) is 41.6 Å². The van der Waals surface area contributed by atoms with Crippen molar-refractivity contribution in [2.45, 2.75) is 6.42 Å². The zero-order chi connectivity index (χ0) is 14.8. The van der Waals surface area contributed by atoms with Crippen LogP contribution in [-0.4, -0.2) is 15.4 Å². The first kappa shape index (κ1) is 13.6. The Balaban J connectivity index is 2.22. The molecule has 0 spiro atoms. The maximum absolute atomic E-state index is 13.4. The van der Waals surface area contributed by atoms with Crippen molar-refractivity contribution in [1.29, 1.82) is 5.26 Å². The van der Waals surface area contributed by atoms with Crippen LogP contribution >= 0.6 is 11.6 Å². The third kappa shape index (κ3) is 2.48. The lowest BCUT2D eigenvalue weighted by Crippen LogP contribution is -2.02. The SMILES string of the molecule is N#Cc1ccc(-n2c(CCCl)nc3cc(F)ccc32)cc1. The lowest BCUT2D eigenvalue weighted by Gasteiger charge is -2.08. The van der Waals surface area contributed by atoms with Gasteiger partial charge in [-0.05, 0) is 36.4 Å². The van der Waals surface area contributed by atoms with Crippen molar-refractivity contribution in [3.63, 3.8) is 0 Å².